The highest BCUT2D eigenvalue weighted by Gasteiger charge is 2.29. The van der Waals surface area contributed by atoms with Gasteiger partial charge in [-0.25, -0.2) is 14.2 Å². The first kappa shape index (κ1) is 25.6. The molecule has 0 unspecified atom stereocenters. The van der Waals surface area contributed by atoms with Crippen molar-refractivity contribution in [1.82, 2.24) is 24.6 Å². The number of para-hydroxylation sites is 2. The van der Waals surface area contributed by atoms with Crippen LogP contribution in [0.5, 0.6) is 0 Å². The number of halogens is 1. The fraction of sp³-hybridized carbons (Fsp3) is 0.258. The number of rotatable bonds is 7. The lowest BCUT2D eigenvalue weighted by atomic mass is 9.90. The number of aromatic amines is 2. The molecule has 8 nitrogen and oxygen atoms in total. The largest absolute Gasteiger partial charge is 0.445 e. The molecule has 0 bridgehead atoms. The first-order chi connectivity index (χ1) is 19.5. The van der Waals surface area contributed by atoms with Gasteiger partial charge in [0.1, 0.15) is 12.4 Å². The number of hydrogen-bond donors (Lipinski definition) is 2. The van der Waals surface area contributed by atoms with Gasteiger partial charge < -0.3 is 14.6 Å². The van der Waals surface area contributed by atoms with Gasteiger partial charge in [0.15, 0.2) is 0 Å². The lowest BCUT2D eigenvalue weighted by molar-refractivity contribution is 0.0868. The fourth-order valence-corrected chi connectivity index (χ4v) is 5.34. The second-order valence-electron chi connectivity index (χ2n) is 10.2. The Hall–Kier alpha value is -4.66. The normalized spacial score (nSPS) is 14.1. The van der Waals surface area contributed by atoms with Crippen LogP contribution < -0.4 is 5.56 Å². The van der Waals surface area contributed by atoms with E-state index in [-0.39, 0.29) is 30.0 Å². The molecule has 40 heavy (non-hydrogen) atoms. The summed E-state index contributed by atoms with van der Waals surface area (Å²) in [5.41, 5.74) is 4.92. The highest BCUT2D eigenvalue weighted by atomic mass is 19.1. The van der Waals surface area contributed by atoms with Gasteiger partial charge in [0.05, 0.1) is 11.0 Å². The quantitative estimate of drug-likeness (QED) is 0.286. The Morgan fingerprint density at radius 2 is 1.65 bits per heavy atom. The zero-order valence-electron chi connectivity index (χ0n) is 22.0. The SMILES string of the molecule is O=C(OCc1ccccc1)N1CCC(c2[nH]n(-c3nc4ccccc4[nH]3)c(=O)c2CCc2ccc(F)cc2)CC1. The third kappa shape index (κ3) is 5.40. The minimum absolute atomic E-state index is 0.0692. The molecule has 1 saturated heterocycles. The number of benzene rings is 3. The number of ether oxygens (including phenoxy) is 1. The number of imidazole rings is 1. The molecule has 9 heteroatoms. The summed E-state index contributed by atoms with van der Waals surface area (Å²) in [5, 5.41) is 3.35. The van der Waals surface area contributed by atoms with E-state index in [0.29, 0.717) is 50.3 Å². The summed E-state index contributed by atoms with van der Waals surface area (Å²) in [6.45, 7) is 1.31. The van der Waals surface area contributed by atoms with Gasteiger partial charge in [-0.3, -0.25) is 9.89 Å². The number of H-pyrrole nitrogens is 2. The standard InChI is InChI=1S/C31H30FN5O3/c32-24-13-10-21(11-14-24)12-15-25-28(35-37(29(25)38)30-33-26-8-4-5-9-27(26)34-30)23-16-18-36(19-17-23)31(39)40-20-22-6-2-1-3-7-22/h1-11,13-14,23,35H,12,15-20H2,(H,33,34). The van der Waals surface area contributed by atoms with Crippen molar-refractivity contribution in [3.63, 3.8) is 0 Å². The lowest BCUT2D eigenvalue weighted by Gasteiger charge is -2.31. The first-order valence-corrected chi connectivity index (χ1v) is 13.5. The number of nitrogens with zero attached hydrogens (tertiary/aromatic N) is 3. The van der Waals surface area contributed by atoms with Crippen molar-refractivity contribution in [1.29, 1.82) is 0 Å². The van der Waals surface area contributed by atoms with Crippen LogP contribution in [-0.2, 0) is 24.2 Å². The Morgan fingerprint density at radius 1 is 0.925 bits per heavy atom. The van der Waals surface area contributed by atoms with Crippen LogP contribution in [0.4, 0.5) is 9.18 Å². The molecule has 2 N–H and O–H groups in total. The Labute approximate surface area is 230 Å². The average molecular weight is 540 g/mol. The minimum Gasteiger partial charge on any atom is -0.445 e. The molecule has 2 aromatic heterocycles. The molecule has 204 valence electrons. The molecule has 0 saturated carbocycles. The topological polar surface area (TPSA) is 96.0 Å². The predicted molar refractivity (Wildman–Crippen MR) is 150 cm³/mol. The van der Waals surface area contributed by atoms with Crippen LogP contribution in [0.25, 0.3) is 17.0 Å². The van der Waals surface area contributed by atoms with Crippen molar-refractivity contribution in [3.05, 3.63) is 117 Å². The molecule has 1 amide bonds. The third-order valence-electron chi connectivity index (χ3n) is 7.55. The van der Waals surface area contributed by atoms with Crippen molar-refractivity contribution in [3.8, 4) is 5.95 Å². The number of fused-ring (bicyclic) bond motifs is 1. The summed E-state index contributed by atoms with van der Waals surface area (Å²) >= 11 is 0. The van der Waals surface area contributed by atoms with E-state index in [1.165, 1.54) is 16.8 Å². The molecule has 5 aromatic rings. The fourth-order valence-electron chi connectivity index (χ4n) is 5.34. The van der Waals surface area contributed by atoms with E-state index in [4.69, 9.17) is 4.74 Å². The maximum absolute atomic E-state index is 13.7. The Balaban J connectivity index is 1.21. The van der Waals surface area contributed by atoms with Crippen LogP contribution in [-0.4, -0.2) is 43.8 Å². The molecule has 0 spiro atoms. The molecular weight excluding hydrogens is 509 g/mol. The average Bonchev–Trinajstić information content (AvgIpc) is 3.57. The molecule has 0 radical (unpaired) electrons. The maximum atomic E-state index is 13.7. The van der Waals surface area contributed by atoms with E-state index in [2.05, 4.69) is 15.1 Å². The summed E-state index contributed by atoms with van der Waals surface area (Å²) < 4.78 is 20.4. The third-order valence-corrected chi connectivity index (χ3v) is 7.55. The van der Waals surface area contributed by atoms with E-state index in [1.54, 1.807) is 17.0 Å². The number of likely N-dealkylation sites (tertiary alicyclic amines) is 1. The summed E-state index contributed by atoms with van der Waals surface area (Å²) in [7, 11) is 0. The number of carbonyl (C=O) groups excluding carboxylic acids is 1. The van der Waals surface area contributed by atoms with Crippen LogP contribution in [0, 0.1) is 5.82 Å². The van der Waals surface area contributed by atoms with E-state index in [9.17, 15) is 14.0 Å². The summed E-state index contributed by atoms with van der Waals surface area (Å²) in [6.07, 6.45) is 2.18. The molecule has 1 aliphatic heterocycles. The monoisotopic (exact) mass is 539 g/mol. The number of aromatic nitrogens is 4. The summed E-state index contributed by atoms with van der Waals surface area (Å²) in [4.78, 5) is 36.0. The predicted octanol–water partition coefficient (Wildman–Crippen LogP) is 5.48. The maximum Gasteiger partial charge on any atom is 0.410 e. The molecule has 3 aromatic carbocycles. The highest BCUT2D eigenvalue weighted by Crippen LogP contribution is 2.30. The number of aryl methyl sites for hydroxylation is 1. The van der Waals surface area contributed by atoms with Crippen LogP contribution in [0.3, 0.4) is 0 Å². The Bertz CT molecular complexity index is 1630. The summed E-state index contributed by atoms with van der Waals surface area (Å²) in [5.74, 6) is 0.217. The zero-order valence-corrected chi connectivity index (χ0v) is 22.0. The second kappa shape index (κ2) is 11.2. The van der Waals surface area contributed by atoms with E-state index in [0.717, 1.165) is 27.9 Å². The summed E-state index contributed by atoms with van der Waals surface area (Å²) in [6, 6.07) is 23.6. The molecule has 3 heterocycles. The van der Waals surface area contributed by atoms with Crippen molar-refractivity contribution >= 4 is 17.1 Å². The van der Waals surface area contributed by atoms with Crippen molar-refractivity contribution in [2.24, 2.45) is 0 Å². The van der Waals surface area contributed by atoms with Crippen LogP contribution in [0.1, 0.15) is 41.1 Å². The van der Waals surface area contributed by atoms with E-state index < -0.39 is 0 Å². The van der Waals surface area contributed by atoms with Gasteiger partial charge in [-0.05, 0) is 61.1 Å². The minimum atomic E-state index is -0.327. The van der Waals surface area contributed by atoms with Crippen molar-refractivity contribution in [2.45, 2.75) is 38.2 Å². The van der Waals surface area contributed by atoms with Gasteiger partial charge in [0.25, 0.3) is 5.56 Å². The molecule has 0 atom stereocenters. The Morgan fingerprint density at radius 3 is 2.40 bits per heavy atom. The number of amides is 1. The van der Waals surface area contributed by atoms with Gasteiger partial charge in [0, 0.05) is 30.3 Å². The highest BCUT2D eigenvalue weighted by molar-refractivity contribution is 5.75. The smallest absolute Gasteiger partial charge is 0.410 e. The second-order valence-corrected chi connectivity index (χ2v) is 10.2. The number of hydrogen-bond acceptors (Lipinski definition) is 4. The van der Waals surface area contributed by atoms with Gasteiger partial charge in [-0.15, -0.1) is 0 Å². The number of nitrogens with one attached hydrogen (secondary N) is 2. The Kier molecular flexibility index (Phi) is 7.18. The number of carbonyl (C=O) groups is 1. The van der Waals surface area contributed by atoms with Crippen molar-refractivity contribution < 1.29 is 13.9 Å². The molecular formula is C31H30FN5O3. The zero-order chi connectivity index (χ0) is 27.5. The molecule has 6 rings (SSSR count). The van der Waals surface area contributed by atoms with Crippen LogP contribution in [0.2, 0.25) is 0 Å². The molecule has 0 aliphatic carbocycles. The van der Waals surface area contributed by atoms with Crippen molar-refractivity contribution in [2.75, 3.05) is 13.1 Å². The number of piperidine rings is 1. The first-order valence-electron chi connectivity index (χ1n) is 13.5. The molecule has 1 aliphatic rings. The molecule has 1 fully saturated rings. The van der Waals surface area contributed by atoms with Gasteiger partial charge >= 0.3 is 6.09 Å². The van der Waals surface area contributed by atoms with E-state index in [1.807, 2.05) is 54.6 Å². The van der Waals surface area contributed by atoms with Gasteiger partial charge in [-0.2, -0.15) is 4.68 Å². The van der Waals surface area contributed by atoms with Gasteiger partial charge in [0.2, 0.25) is 5.95 Å². The van der Waals surface area contributed by atoms with Crippen LogP contribution in [0.15, 0.2) is 83.7 Å². The van der Waals surface area contributed by atoms with Crippen LogP contribution >= 0.6 is 0 Å². The van der Waals surface area contributed by atoms with Gasteiger partial charge in [-0.1, -0.05) is 54.6 Å². The lowest BCUT2D eigenvalue weighted by Crippen LogP contribution is -2.38. The van der Waals surface area contributed by atoms with E-state index >= 15 is 0 Å².